The van der Waals surface area contributed by atoms with Gasteiger partial charge >= 0.3 is 5.97 Å². The minimum Gasteiger partial charge on any atom is -0.465 e. The molecule has 0 radical (unpaired) electrons. The molecule has 88 valence electrons. The number of carbonyl (C=O) groups excluding carboxylic acids is 1. The smallest absolute Gasteiger partial charge is 0.317 e. The molecule has 4 nitrogen and oxygen atoms in total. The molecule has 0 aromatic heterocycles. The van der Waals surface area contributed by atoms with Crippen molar-refractivity contribution in [3.05, 3.63) is 12.7 Å². The third-order valence-corrected chi connectivity index (χ3v) is 1.77. The van der Waals surface area contributed by atoms with E-state index in [1.807, 2.05) is 13.8 Å². The fourth-order valence-electron chi connectivity index (χ4n) is 1.14. The van der Waals surface area contributed by atoms with Gasteiger partial charge in [0.25, 0.3) is 0 Å². The zero-order valence-corrected chi connectivity index (χ0v) is 9.69. The molecule has 0 N–H and O–H groups in total. The summed E-state index contributed by atoms with van der Waals surface area (Å²) in [7, 11) is 0. The van der Waals surface area contributed by atoms with Crippen molar-refractivity contribution in [2.24, 2.45) is 5.92 Å². The van der Waals surface area contributed by atoms with Crippen LogP contribution in [0.4, 0.5) is 0 Å². The fraction of sp³-hybridized carbons (Fsp3) is 0.727. The largest absolute Gasteiger partial charge is 0.465 e. The van der Waals surface area contributed by atoms with Gasteiger partial charge in [0.2, 0.25) is 0 Å². The molecule has 0 heterocycles. The highest BCUT2D eigenvalue weighted by Gasteiger charge is 2.27. The van der Waals surface area contributed by atoms with Gasteiger partial charge in [-0.1, -0.05) is 6.08 Å². The summed E-state index contributed by atoms with van der Waals surface area (Å²) >= 11 is 0. The predicted octanol–water partition coefficient (Wildman–Crippen LogP) is 1.75. The van der Waals surface area contributed by atoms with Crippen molar-refractivity contribution in [1.82, 2.24) is 0 Å². The number of hydrogen-bond acceptors (Lipinski definition) is 4. The molecule has 0 amide bonds. The molecule has 4 heteroatoms. The quantitative estimate of drug-likeness (QED) is 0.352. The van der Waals surface area contributed by atoms with Crippen molar-refractivity contribution < 1.29 is 19.0 Å². The Kier molecular flexibility index (Phi) is 7.95. The van der Waals surface area contributed by atoms with Crippen molar-refractivity contribution in [3.8, 4) is 0 Å². The van der Waals surface area contributed by atoms with E-state index in [1.165, 1.54) is 6.08 Å². The van der Waals surface area contributed by atoms with Gasteiger partial charge in [0.05, 0.1) is 6.61 Å². The second kappa shape index (κ2) is 8.44. The second-order valence-corrected chi connectivity index (χ2v) is 2.79. The average molecular weight is 216 g/mol. The molecule has 0 aliphatic rings. The first-order valence-corrected chi connectivity index (χ1v) is 5.23. The van der Waals surface area contributed by atoms with Gasteiger partial charge in [-0.25, -0.2) is 0 Å². The third kappa shape index (κ3) is 4.95. The van der Waals surface area contributed by atoms with Gasteiger partial charge < -0.3 is 14.2 Å². The molecule has 0 aromatic carbocycles. The molecule has 0 aliphatic carbocycles. The van der Waals surface area contributed by atoms with Gasteiger partial charge in [-0.2, -0.15) is 0 Å². The van der Waals surface area contributed by atoms with E-state index in [4.69, 9.17) is 14.2 Å². The Labute approximate surface area is 91.2 Å². The van der Waals surface area contributed by atoms with E-state index >= 15 is 0 Å². The molecule has 0 spiro atoms. The van der Waals surface area contributed by atoms with Crippen LogP contribution >= 0.6 is 0 Å². The lowest BCUT2D eigenvalue weighted by Gasteiger charge is -2.22. The molecular formula is C11H20O4. The number of carbonyl (C=O) groups is 1. The summed E-state index contributed by atoms with van der Waals surface area (Å²) in [6, 6.07) is 0. The molecule has 1 unspecified atom stereocenters. The van der Waals surface area contributed by atoms with E-state index in [0.29, 0.717) is 19.8 Å². The number of hydrogen-bond donors (Lipinski definition) is 0. The molecule has 0 rings (SSSR count). The van der Waals surface area contributed by atoms with Crippen LogP contribution in [-0.4, -0.2) is 32.1 Å². The van der Waals surface area contributed by atoms with Gasteiger partial charge in [0.1, 0.15) is 5.92 Å². The predicted molar refractivity (Wildman–Crippen MR) is 57.4 cm³/mol. The molecule has 0 aromatic rings. The van der Waals surface area contributed by atoms with Crippen molar-refractivity contribution in [2.75, 3.05) is 19.8 Å². The highest BCUT2D eigenvalue weighted by Crippen LogP contribution is 2.13. The Morgan fingerprint density at radius 3 is 2.07 bits per heavy atom. The molecule has 0 saturated carbocycles. The van der Waals surface area contributed by atoms with Crippen molar-refractivity contribution in [2.45, 2.75) is 27.1 Å². The lowest BCUT2D eigenvalue weighted by Crippen LogP contribution is -2.33. The summed E-state index contributed by atoms with van der Waals surface area (Å²) in [6.45, 7) is 10.3. The van der Waals surface area contributed by atoms with Crippen LogP contribution in [0.5, 0.6) is 0 Å². The van der Waals surface area contributed by atoms with E-state index in [9.17, 15) is 4.79 Å². The van der Waals surface area contributed by atoms with Crippen LogP contribution in [0, 0.1) is 5.92 Å². The maximum absolute atomic E-state index is 11.5. The topological polar surface area (TPSA) is 44.8 Å². The molecule has 0 aliphatic heterocycles. The maximum atomic E-state index is 11.5. The zero-order chi connectivity index (χ0) is 11.7. The highest BCUT2D eigenvalue weighted by atomic mass is 16.7. The molecule has 1 atom stereocenters. The molecule has 0 fully saturated rings. The van der Waals surface area contributed by atoms with Crippen molar-refractivity contribution >= 4 is 5.97 Å². The van der Waals surface area contributed by atoms with Gasteiger partial charge in [0, 0.05) is 13.2 Å². The van der Waals surface area contributed by atoms with E-state index in [0.717, 1.165) is 0 Å². The summed E-state index contributed by atoms with van der Waals surface area (Å²) in [5.41, 5.74) is 0. The fourth-order valence-corrected chi connectivity index (χ4v) is 1.14. The van der Waals surface area contributed by atoms with Crippen molar-refractivity contribution in [1.29, 1.82) is 0 Å². The lowest BCUT2D eigenvalue weighted by atomic mass is 10.1. The second-order valence-electron chi connectivity index (χ2n) is 2.79. The van der Waals surface area contributed by atoms with Crippen LogP contribution in [0.2, 0.25) is 0 Å². The minimum absolute atomic E-state index is 0.341. The average Bonchev–Trinajstić information content (AvgIpc) is 2.20. The molecular weight excluding hydrogens is 196 g/mol. The van der Waals surface area contributed by atoms with E-state index in [-0.39, 0.29) is 5.97 Å². The van der Waals surface area contributed by atoms with Gasteiger partial charge in [-0.15, -0.1) is 6.58 Å². The van der Waals surface area contributed by atoms with Gasteiger partial charge in [0.15, 0.2) is 6.29 Å². The monoisotopic (exact) mass is 216 g/mol. The minimum atomic E-state index is -0.600. The summed E-state index contributed by atoms with van der Waals surface area (Å²) in [5, 5.41) is 0. The van der Waals surface area contributed by atoms with Crippen LogP contribution in [0.3, 0.4) is 0 Å². The number of ether oxygens (including phenoxy) is 3. The maximum Gasteiger partial charge on any atom is 0.317 e. The van der Waals surface area contributed by atoms with Crippen LogP contribution in [0.15, 0.2) is 12.7 Å². The van der Waals surface area contributed by atoms with Crippen LogP contribution < -0.4 is 0 Å². The van der Waals surface area contributed by atoms with E-state index in [2.05, 4.69) is 6.58 Å². The van der Waals surface area contributed by atoms with E-state index in [1.54, 1.807) is 6.92 Å². The molecule has 0 bridgehead atoms. The summed E-state index contributed by atoms with van der Waals surface area (Å²) in [5.74, 6) is -0.927. The summed E-state index contributed by atoms with van der Waals surface area (Å²) in [4.78, 5) is 11.5. The Bertz CT molecular complexity index is 185. The first-order valence-electron chi connectivity index (χ1n) is 5.23. The van der Waals surface area contributed by atoms with E-state index < -0.39 is 12.2 Å². The SMILES string of the molecule is C=CC(C(=O)OCC)C(OCC)OCC. The van der Waals surface area contributed by atoms with Crippen LogP contribution in [0.25, 0.3) is 0 Å². The Balaban J connectivity index is 4.41. The lowest BCUT2D eigenvalue weighted by molar-refractivity contribution is -0.181. The first-order chi connectivity index (χ1) is 7.21. The Hall–Kier alpha value is -0.870. The summed E-state index contributed by atoms with van der Waals surface area (Å²) < 4.78 is 15.5. The highest BCUT2D eigenvalue weighted by molar-refractivity contribution is 5.74. The number of rotatable bonds is 8. The summed E-state index contributed by atoms with van der Waals surface area (Å²) in [6.07, 6.45) is 0.894. The molecule has 0 saturated heterocycles. The van der Waals surface area contributed by atoms with Crippen molar-refractivity contribution in [3.63, 3.8) is 0 Å². The van der Waals surface area contributed by atoms with Crippen LogP contribution in [-0.2, 0) is 19.0 Å². The van der Waals surface area contributed by atoms with Crippen LogP contribution in [0.1, 0.15) is 20.8 Å². The molecule has 15 heavy (non-hydrogen) atoms. The Morgan fingerprint density at radius 2 is 1.73 bits per heavy atom. The zero-order valence-electron chi connectivity index (χ0n) is 9.69. The van der Waals surface area contributed by atoms with Gasteiger partial charge in [-0.05, 0) is 20.8 Å². The normalized spacial score (nSPS) is 12.5. The third-order valence-electron chi connectivity index (χ3n) is 1.77. The number of esters is 1. The Morgan fingerprint density at radius 1 is 1.20 bits per heavy atom. The first kappa shape index (κ1) is 14.1. The standard InChI is InChI=1S/C11H20O4/c1-5-9(10(12)13-6-2)11(14-7-3)15-8-4/h5,9,11H,1,6-8H2,2-4H3. The van der Waals surface area contributed by atoms with Gasteiger partial charge in [-0.3, -0.25) is 4.79 Å².